The predicted octanol–water partition coefficient (Wildman–Crippen LogP) is 2.51. The highest BCUT2D eigenvalue weighted by molar-refractivity contribution is 6.32. The van der Waals surface area contributed by atoms with Crippen LogP contribution in [0.3, 0.4) is 0 Å². The van der Waals surface area contributed by atoms with E-state index in [-0.39, 0.29) is 18.4 Å². The van der Waals surface area contributed by atoms with Crippen LogP contribution in [0.2, 0.25) is 5.02 Å². The van der Waals surface area contributed by atoms with Crippen molar-refractivity contribution in [3.63, 3.8) is 0 Å². The summed E-state index contributed by atoms with van der Waals surface area (Å²) in [7, 11) is 0. The van der Waals surface area contributed by atoms with E-state index in [1.54, 1.807) is 6.92 Å². The smallest absolute Gasteiger partial charge is 0.303 e. The molecule has 120 valence electrons. The zero-order valence-corrected chi connectivity index (χ0v) is 13.1. The Hall–Kier alpha value is -1.82. The average molecular weight is 327 g/mol. The predicted molar refractivity (Wildman–Crippen MR) is 81.3 cm³/mol. The fourth-order valence-electron chi connectivity index (χ4n) is 1.86. The number of carbonyl (C=O) groups is 2. The second kappa shape index (κ2) is 7.45. The third-order valence-corrected chi connectivity index (χ3v) is 3.66. The van der Waals surface area contributed by atoms with Gasteiger partial charge in [0.05, 0.1) is 12.2 Å². The van der Waals surface area contributed by atoms with Crippen LogP contribution in [0.5, 0.6) is 5.88 Å². The molecular formula is C15H19ClN2O4. The number of aromatic nitrogens is 1. The first-order valence-corrected chi connectivity index (χ1v) is 7.64. The number of halogens is 1. The number of amides is 1. The van der Waals surface area contributed by atoms with Crippen molar-refractivity contribution in [2.24, 2.45) is 5.92 Å². The molecule has 1 saturated carbocycles. The Balaban J connectivity index is 1.88. The summed E-state index contributed by atoms with van der Waals surface area (Å²) in [6.45, 7) is 2.35. The Morgan fingerprint density at radius 2 is 2.27 bits per heavy atom. The van der Waals surface area contributed by atoms with Gasteiger partial charge in [0.15, 0.2) is 0 Å². The van der Waals surface area contributed by atoms with Crippen LogP contribution < -0.4 is 10.1 Å². The lowest BCUT2D eigenvalue weighted by atomic mass is 10.1. The maximum atomic E-state index is 12.0. The molecule has 1 aliphatic carbocycles. The van der Waals surface area contributed by atoms with Gasteiger partial charge in [0.25, 0.3) is 5.91 Å². The summed E-state index contributed by atoms with van der Waals surface area (Å²) in [5.74, 6) is -0.288. The van der Waals surface area contributed by atoms with Crippen molar-refractivity contribution in [2.75, 3.05) is 6.61 Å². The summed E-state index contributed by atoms with van der Waals surface area (Å²) in [6, 6.07) is 1.27. The van der Waals surface area contributed by atoms with E-state index in [4.69, 9.17) is 21.4 Å². The van der Waals surface area contributed by atoms with Gasteiger partial charge in [-0.2, -0.15) is 0 Å². The highest BCUT2D eigenvalue weighted by Crippen LogP contribution is 2.31. The van der Waals surface area contributed by atoms with Gasteiger partial charge in [-0.1, -0.05) is 11.6 Å². The number of pyridine rings is 1. The Bertz CT molecular complexity index is 560. The van der Waals surface area contributed by atoms with E-state index in [0.717, 1.165) is 0 Å². The molecule has 0 saturated heterocycles. The molecule has 1 fully saturated rings. The number of nitrogens with zero attached hydrogens (tertiary/aromatic N) is 1. The molecule has 1 amide bonds. The Morgan fingerprint density at radius 1 is 1.55 bits per heavy atom. The van der Waals surface area contributed by atoms with Crippen molar-refractivity contribution < 1.29 is 19.4 Å². The van der Waals surface area contributed by atoms with Crippen LogP contribution in [0.1, 0.15) is 43.0 Å². The maximum absolute atomic E-state index is 12.0. The Kier molecular flexibility index (Phi) is 5.60. The summed E-state index contributed by atoms with van der Waals surface area (Å²) < 4.78 is 5.50. The highest BCUT2D eigenvalue weighted by Gasteiger charge is 2.23. The molecule has 2 N–H and O–H groups in total. The van der Waals surface area contributed by atoms with Crippen LogP contribution in [-0.4, -0.2) is 34.6 Å². The first-order valence-electron chi connectivity index (χ1n) is 7.26. The minimum Gasteiger partial charge on any atom is -0.481 e. The molecule has 1 heterocycles. The maximum Gasteiger partial charge on any atom is 0.303 e. The summed E-state index contributed by atoms with van der Waals surface area (Å²) in [5, 5.41) is 11.6. The molecule has 0 radical (unpaired) electrons. The van der Waals surface area contributed by atoms with Crippen LogP contribution in [0.15, 0.2) is 12.3 Å². The van der Waals surface area contributed by atoms with E-state index in [1.807, 2.05) is 0 Å². The molecule has 1 unspecified atom stereocenters. The Labute approximate surface area is 133 Å². The lowest BCUT2D eigenvalue weighted by Crippen LogP contribution is -2.33. The van der Waals surface area contributed by atoms with Crippen LogP contribution in [0.4, 0.5) is 0 Å². The average Bonchev–Trinajstić information content (AvgIpc) is 3.28. The van der Waals surface area contributed by atoms with Crippen molar-refractivity contribution in [3.8, 4) is 5.88 Å². The molecule has 1 aliphatic rings. The van der Waals surface area contributed by atoms with Gasteiger partial charge in [-0.25, -0.2) is 4.98 Å². The minimum absolute atomic E-state index is 0.00833. The van der Waals surface area contributed by atoms with Gasteiger partial charge < -0.3 is 15.2 Å². The molecule has 0 aliphatic heterocycles. The quantitative estimate of drug-likeness (QED) is 0.766. The number of aliphatic carboxylic acids is 1. The number of carbonyl (C=O) groups excluding carboxylic acids is 1. The number of carboxylic acid groups (broad SMARTS) is 1. The highest BCUT2D eigenvalue weighted by atomic mass is 35.5. The molecule has 0 spiro atoms. The molecule has 1 aromatic heterocycles. The van der Waals surface area contributed by atoms with Crippen molar-refractivity contribution in [1.82, 2.24) is 10.3 Å². The van der Waals surface area contributed by atoms with Crippen LogP contribution >= 0.6 is 11.6 Å². The third-order valence-electron chi connectivity index (χ3n) is 3.39. The monoisotopic (exact) mass is 326 g/mol. The van der Waals surface area contributed by atoms with E-state index in [1.165, 1.54) is 25.1 Å². The number of rotatable bonds is 8. The zero-order chi connectivity index (χ0) is 16.1. The molecule has 1 aromatic rings. The topological polar surface area (TPSA) is 88.5 Å². The first kappa shape index (κ1) is 16.5. The normalized spacial score (nSPS) is 15.2. The molecule has 0 bridgehead atoms. The van der Waals surface area contributed by atoms with Gasteiger partial charge in [-0.3, -0.25) is 9.59 Å². The number of nitrogens with one attached hydrogen (secondary N) is 1. The van der Waals surface area contributed by atoms with E-state index >= 15 is 0 Å². The fraction of sp³-hybridized carbons (Fsp3) is 0.533. The van der Waals surface area contributed by atoms with E-state index in [9.17, 15) is 9.59 Å². The summed E-state index contributed by atoms with van der Waals surface area (Å²) in [6.07, 6.45) is 4.13. The first-order chi connectivity index (χ1) is 10.5. The molecule has 1 atom stereocenters. The van der Waals surface area contributed by atoms with Crippen molar-refractivity contribution in [2.45, 2.75) is 38.6 Å². The number of hydrogen-bond acceptors (Lipinski definition) is 4. The fourth-order valence-corrected chi connectivity index (χ4v) is 2.08. The molecular weight excluding hydrogens is 308 g/mol. The molecule has 7 heteroatoms. The minimum atomic E-state index is -0.886. The van der Waals surface area contributed by atoms with Gasteiger partial charge in [0, 0.05) is 18.7 Å². The van der Waals surface area contributed by atoms with Crippen molar-refractivity contribution in [3.05, 3.63) is 22.8 Å². The number of ether oxygens (including phenoxy) is 1. The largest absolute Gasteiger partial charge is 0.481 e. The lowest BCUT2D eigenvalue weighted by molar-refractivity contribution is -0.137. The van der Waals surface area contributed by atoms with Crippen LogP contribution in [0.25, 0.3) is 0 Å². The van der Waals surface area contributed by atoms with Gasteiger partial charge in [0.1, 0.15) is 5.02 Å². The SMILES string of the molecule is CC(CCC(=O)O)NC(=O)c1cnc(OCC2CC2)c(Cl)c1. The second-order valence-corrected chi connectivity index (χ2v) is 5.98. The second-order valence-electron chi connectivity index (χ2n) is 5.57. The molecule has 0 aromatic carbocycles. The van der Waals surface area contributed by atoms with Gasteiger partial charge in [0.2, 0.25) is 5.88 Å². The summed E-state index contributed by atoms with van der Waals surface area (Å²) in [4.78, 5) is 26.6. The lowest BCUT2D eigenvalue weighted by Gasteiger charge is -2.13. The van der Waals surface area contributed by atoms with E-state index < -0.39 is 5.97 Å². The molecule has 6 nitrogen and oxygen atoms in total. The van der Waals surface area contributed by atoms with Gasteiger partial charge >= 0.3 is 5.97 Å². The molecule has 2 rings (SSSR count). The van der Waals surface area contributed by atoms with Gasteiger partial charge in [-0.05, 0) is 38.2 Å². The van der Waals surface area contributed by atoms with Crippen LogP contribution in [0, 0.1) is 5.92 Å². The van der Waals surface area contributed by atoms with Crippen molar-refractivity contribution in [1.29, 1.82) is 0 Å². The van der Waals surface area contributed by atoms with Gasteiger partial charge in [-0.15, -0.1) is 0 Å². The summed E-state index contributed by atoms with van der Waals surface area (Å²) in [5.41, 5.74) is 0.325. The third kappa shape index (κ3) is 5.18. The Morgan fingerprint density at radius 3 is 2.86 bits per heavy atom. The van der Waals surface area contributed by atoms with E-state index in [2.05, 4.69) is 10.3 Å². The van der Waals surface area contributed by atoms with Crippen LogP contribution in [-0.2, 0) is 4.79 Å². The molecule has 22 heavy (non-hydrogen) atoms. The number of hydrogen-bond donors (Lipinski definition) is 2. The summed E-state index contributed by atoms with van der Waals surface area (Å²) >= 11 is 6.07. The zero-order valence-electron chi connectivity index (χ0n) is 12.3. The van der Waals surface area contributed by atoms with Crippen molar-refractivity contribution >= 4 is 23.5 Å². The van der Waals surface area contributed by atoms with E-state index in [0.29, 0.717) is 35.4 Å². The number of carboxylic acids is 1. The standard InChI is InChI=1S/C15H19ClN2O4/c1-9(2-5-13(19)20)18-14(21)11-6-12(16)15(17-7-11)22-8-10-3-4-10/h6-7,9-10H,2-5,8H2,1H3,(H,18,21)(H,19,20).